The van der Waals surface area contributed by atoms with E-state index in [1.165, 1.54) is 0 Å². The third-order valence-electron chi connectivity index (χ3n) is 0.482. The van der Waals surface area contributed by atoms with Crippen LogP contribution >= 0.6 is 0 Å². The molecule has 0 aliphatic carbocycles. The van der Waals surface area contributed by atoms with Gasteiger partial charge in [0.1, 0.15) is 12.5 Å². The second-order valence-electron chi connectivity index (χ2n) is 1.52. The number of aliphatic hydroxyl groups excluding tert-OH is 2. The van der Waals surface area contributed by atoms with Crippen molar-refractivity contribution in [2.75, 3.05) is 0 Å². The smallest absolute Gasteiger partial charge is 0.103 e. The standard InChI is InChI=1S/C4H11NO2.Ti/c1-3(6)5-4(2)7;/h3-7H,1-2H3;. The molecule has 0 aromatic heterocycles. The molecule has 0 rings (SSSR count). The summed E-state index contributed by atoms with van der Waals surface area (Å²) in [4.78, 5) is 0. The van der Waals surface area contributed by atoms with E-state index in [9.17, 15) is 0 Å². The average molecular weight is 153 g/mol. The Kier molecular flexibility index (Phi) is 8.16. The van der Waals surface area contributed by atoms with Crippen LogP contribution in [-0.2, 0) is 21.7 Å². The minimum absolute atomic E-state index is 0. The predicted molar refractivity (Wildman–Crippen MR) is 26.5 cm³/mol. The molecule has 0 radical (unpaired) electrons. The van der Waals surface area contributed by atoms with Crippen LogP contribution in [0.4, 0.5) is 0 Å². The van der Waals surface area contributed by atoms with Gasteiger partial charge in [0, 0.05) is 21.7 Å². The van der Waals surface area contributed by atoms with Crippen molar-refractivity contribution in [2.24, 2.45) is 0 Å². The van der Waals surface area contributed by atoms with Gasteiger partial charge in [-0.3, -0.25) is 5.32 Å². The summed E-state index contributed by atoms with van der Waals surface area (Å²) in [5.41, 5.74) is 0. The molecular weight excluding hydrogens is 142 g/mol. The molecule has 0 aliphatic heterocycles. The summed E-state index contributed by atoms with van der Waals surface area (Å²) >= 11 is 0. The Hall–Kier alpha value is 0.594. The van der Waals surface area contributed by atoms with Crippen molar-refractivity contribution in [3.8, 4) is 0 Å². The molecule has 8 heavy (non-hydrogen) atoms. The van der Waals surface area contributed by atoms with Crippen molar-refractivity contribution >= 4 is 0 Å². The van der Waals surface area contributed by atoms with Gasteiger partial charge in [-0.2, -0.15) is 0 Å². The van der Waals surface area contributed by atoms with E-state index in [0.717, 1.165) is 0 Å². The summed E-state index contributed by atoms with van der Waals surface area (Å²) < 4.78 is 0. The largest absolute Gasteiger partial charge is 0.379 e. The van der Waals surface area contributed by atoms with E-state index in [-0.39, 0.29) is 21.7 Å². The summed E-state index contributed by atoms with van der Waals surface area (Å²) in [7, 11) is 0. The van der Waals surface area contributed by atoms with E-state index in [1.54, 1.807) is 13.8 Å². The van der Waals surface area contributed by atoms with Crippen LogP contribution in [0.25, 0.3) is 0 Å². The Morgan fingerprint density at radius 2 is 1.38 bits per heavy atom. The Labute approximate surface area is 64.0 Å². The van der Waals surface area contributed by atoms with Gasteiger partial charge in [-0.1, -0.05) is 0 Å². The van der Waals surface area contributed by atoms with E-state index in [2.05, 4.69) is 5.32 Å². The summed E-state index contributed by atoms with van der Waals surface area (Å²) in [6.07, 6.45) is -1.25. The van der Waals surface area contributed by atoms with Crippen LogP contribution in [0, 0.1) is 0 Å². The molecule has 2 unspecified atom stereocenters. The van der Waals surface area contributed by atoms with E-state index in [4.69, 9.17) is 10.2 Å². The summed E-state index contributed by atoms with van der Waals surface area (Å²) in [6, 6.07) is 0. The molecule has 0 aromatic carbocycles. The van der Waals surface area contributed by atoms with Crippen LogP contribution < -0.4 is 5.32 Å². The first-order chi connectivity index (χ1) is 3.13. The van der Waals surface area contributed by atoms with Crippen molar-refractivity contribution in [1.82, 2.24) is 5.32 Å². The fourth-order valence-electron chi connectivity index (χ4n) is 0.349. The zero-order chi connectivity index (χ0) is 5.86. The van der Waals surface area contributed by atoms with Gasteiger partial charge < -0.3 is 10.2 Å². The average Bonchev–Trinajstić information content (AvgIpc) is 1.27. The second kappa shape index (κ2) is 5.73. The van der Waals surface area contributed by atoms with Crippen molar-refractivity contribution in [3.63, 3.8) is 0 Å². The number of hydrogen-bond donors (Lipinski definition) is 3. The molecule has 3 nitrogen and oxygen atoms in total. The molecule has 0 amide bonds. The van der Waals surface area contributed by atoms with E-state index < -0.39 is 12.5 Å². The number of aliphatic hydroxyl groups is 2. The normalized spacial score (nSPS) is 16.5. The van der Waals surface area contributed by atoms with Gasteiger partial charge in [0.25, 0.3) is 0 Å². The Morgan fingerprint density at radius 3 is 1.38 bits per heavy atom. The molecule has 4 heteroatoms. The fraction of sp³-hybridized carbons (Fsp3) is 1.00. The first-order valence-corrected chi connectivity index (χ1v) is 2.25. The van der Waals surface area contributed by atoms with Crippen molar-refractivity contribution in [2.45, 2.75) is 26.3 Å². The van der Waals surface area contributed by atoms with Crippen LogP contribution in [0.2, 0.25) is 0 Å². The van der Waals surface area contributed by atoms with E-state index in [1.807, 2.05) is 0 Å². The fourth-order valence-corrected chi connectivity index (χ4v) is 0.349. The van der Waals surface area contributed by atoms with Crippen molar-refractivity contribution in [1.29, 1.82) is 0 Å². The number of rotatable bonds is 2. The van der Waals surface area contributed by atoms with Gasteiger partial charge in [0.2, 0.25) is 0 Å². The molecule has 0 aliphatic rings. The van der Waals surface area contributed by atoms with Gasteiger partial charge in [-0.25, -0.2) is 0 Å². The molecule has 0 bridgehead atoms. The van der Waals surface area contributed by atoms with Crippen LogP contribution in [-0.4, -0.2) is 22.7 Å². The molecule has 48 valence electrons. The van der Waals surface area contributed by atoms with Crippen LogP contribution in [0.1, 0.15) is 13.8 Å². The van der Waals surface area contributed by atoms with Crippen LogP contribution in [0.15, 0.2) is 0 Å². The van der Waals surface area contributed by atoms with E-state index >= 15 is 0 Å². The molecule has 0 saturated heterocycles. The van der Waals surface area contributed by atoms with Crippen LogP contribution in [0.3, 0.4) is 0 Å². The van der Waals surface area contributed by atoms with E-state index in [0.29, 0.717) is 0 Å². The maximum absolute atomic E-state index is 8.45. The Balaban J connectivity index is 0. The van der Waals surface area contributed by atoms with Crippen LogP contribution in [0.5, 0.6) is 0 Å². The Bertz CT molecular complexity index is 43.3. The minimum Gasteiger partial charge on any atom is -0.379 e. The molecule has 0 saturated carbocycles. The molecule has 0 spiro atoms. The zero-order valence-electron chi connectivity index (χ0n) is 5.05. The molecule has 2 atom stereocenters. The SMILES string of the molecule is CC(O)NC(C)O.[Ti]. The van der Waals surface area contributed by atoms with Gasteiger partial charge in [-0.15, -0.1) is 0 Å². The summed E-state index contributed by atoms with van der Waals surface area (Å²) in [6.45, 7) is 3.10. The quantitative estimate of drug-likeness (QED) is 0.361. The first kappa shape index (κ1) is 11.4. The monoisotopic (exact) mass is 153 g/mol. The van der Waals surface area contributed by atoms with Gasteiger partial charge >= 0.3 is 0 Å². The maximum Gasteiger partial charge on any atom is 0.103 e. The molecule has 0 aromatic rings. The van der Waals surface area contributed by atoms with Crippen molar-refractivity contribution in [3.05, 3.63) is 0 Å². The number of nitrogens with one attached hydrogen (secondary N) is 1. The Morgan fingerprint density at radius 1 is 1.12 bits per heavy atom. The summed E-state index contributed by atoms with van der Waals surface area (Å²) in [5, 5.41) is 19.3. The molecule has 3 N–H and O–H groups in total. The van der Waals surface area contributed by atoms with Crippen molar-refractivity contribution < 1.29 is 31.9 Å². The predicted octanol–water partition coefficient (Wildman–Crippen LogP) is -0.750. The third-order valence-corrected chi connectivity index (χ3v) is 0.482. The van der Waals surface area contributed by atoms with Gasteiger partial charge in [0.15, 0.2) is 0 Å². The second-order valence-corrected chi connectivity index (χ2v) is 1.52. The topological polar surface area (TPSA) is 52.5 Å². The molecular formula is C4H11NO2Ti. The number of hydrogen-bond acceptors (Lipinski definition) is 3. The zero-order valence-corrected chi connectivity index (χ0v) is 6.61. The summed E-state index contributed by atoms with van der Waals surface area (Å²) in [5.74, 6) is 0. The minimum atomic E-state index is -0.625. The molecule has 0 heterocycles. The maximum atomic E-state index is 8.45. The first-order valence-electron chi connectivity index (χ1n) is 2.25. The molecule has 0 fully saturated rings. The van der Waals surface area contributed by atoms with Gasteiger partial charge in [-0.05, 0) is 13.8 Å². The van der Waals surface area contributed by atoms with Gasteiger partial charge in [0.05, 0.1) is 0 Å². The third kappa shape index (κ3) is 9.78.